The van der Waals surface area contributed by atoms with E-state index >= 15 is 0 Å². The molecule has 0 amide bonds. The highest BCUT2D eigenvalue weighted by atomic mass is 19.1. The fraction of sp³-hybridized carbons (Fsp3) is 0.238. The summed E-state index contributed by atoms with van der Waals surface area (Å²) in [6.45, 7) is 1.93. The molecule has 2 aromatic carbocycles. The number of nitrogens with one attached hydrogen (secondary N) is 1. The number of aromatic hydroxyl groups is 1. The summed E-state index contributed by atoms with van der Waals surface area (Å²) in [6, 6.07) is 13.7. The van der Waals surface area contributed by atoms with Crippen molar-refractivity contribution in [1.82, 2.24) is 15.5 Å². The molecule has 1 aliphatic rings. The van der Waals surface area contributed by atoms with Gasteiger partial charge in [-0.05, 0) is 67.7 Å². The molecule has 0 aliphatic carbocycles. The summed E-state index contributed by atoms with van der Waals surface area (Å²) in [5, 5.41) is 21.5. The fourth-order valence-corrected chi connectivity index (χ4v) is 3.60. The molecule has 138 valence electrons. The van der Waals surface area contributed by atoms with E-state index in [9.17, 15) is 9.50 Å². The molecule has 1 aromatic heterocycles. The lowest BCUT2D eigenvalue weighted by Crippen LogP contribution is -2.26. The minimum Gasteiger partial charge on any atom is -0.507 e. The number of hydrogen-bond acceptors (Lipinski definition) is 5. The Kier molecular flexibility index (Phi) is 4.73. The Morgan fingerprint density at radius 2 is 1.74 bits per heavy atom. The summed E-state index contributed by atoms with van der Waals surface area (Å²) in [7, 11) is 0. The van der Waals surface area contributed by atoms with Crippen molar-refractivity contribution in [3.63, 3.8) is 0 Å². The molecule has 5 nitrogen and oxygen atoms in total. The maximum Gasteiger partial charge on any atom is 0.154 e. The number of nitrogen functional groups attached to an aromatic ring is 1. The molecule has 3 aromatic rings. The highest BCUT2D eigenvalue weighted by Crippen LogP contribution is 2.35. The summed E-state index contributed by atoms with van der Waals surface area (Å²) < 4.78 is 14.7. The average molecular weight is 364 g/mol. The summed E-state index contributed by atoms with van der Waals surface area (Å²) >= 11 is 0. The lowest BCUT2D eigenvalue weighted by molar-refractivity contribution is 0.460. The minimum atomic E-state index is -0.351. The molecular weight excluding hydrogens is 343 g/mol. The number of halogens is 1. The molecule has 4 N–H and O–H groups in total. The molecule has 0 atom stereocenters. The zero-order valence-corrected chi connectivity index (χ0v) is 14.8. The molecule has 6 heteroatoms. The van der Waals surface area contributed by atoms with Gasteiger partial charge in [-0.3, -0.25) is 0 Å². The molecule has 1 saturated heterocycles. The molecule has 0 saturated carbocycles. The molecule has 0 bridgehead atoms. The Labute approximate surface area is 157 Å². The van der Waals surface area contributed by atoms with E-state index < -0.39 is 0 Å². The maximum atomic E-state index is 14.7. The van der Waals surface area contributed by atoms with Gasteiger partial charge in [-0.25, -0.2) is 4.39 Å². The third kappa shape index (κ3) is 3.48. The van der Waals surface area contributed by atoms with Crippen molar-refractivity contribution in [3.8, 4) is 28.1 Å². The van der Waals surface area contributed by atoms with Crippen LogP contribution in [0.3, 0.4) is 0 Å². The Morgan fingerprint density at radius 1 is 0.963 bits per heavy atom. The number of hydrogen-bond donors (Lipinski definition) is 3. The number of nitrogens with zero attached hydrogens (tertiary/aromatic N) is 2. The molecule has 0 radical (unpaired) electrons. The molecule has 0 spiro atoms. The smallest absolute Gasteiger partial charge is 0.154 e. The number of nitrogens with two attached hydrogens (primary N) is 1. The van der Waals surface area contributed by atoms with E-state index in [1.807, 2.05) is 12.1 Å². The zero-order valence-electron chi connectivity index (χ0n) is 14.8. The van der Waals surface area contributed by atoms with Gasteiger partial charge >= 0.3 is 0 Å². The highest BCUT2D eigenvalue weighted by Gasteiger charge is 2.19. The predicted molar refractivity (Wildman–Crippen MR) is 104 cm³/mol. The van der Waals surface area contributed by atoms with E-state index in [0.717, 1.165) is 31.5 Å². The van der Waals surface area contributed by atoms with Crippen LogP contribution in [0.15, 0.2) is 48.5 Å². The second kappa shape index (κ2) is 7.32. The first-order valence-corrected chi connectivity index (χ1v) is 9.05. The van der Waals surface area contributed by atoms with Gasteiger partial charge in [0.25, 0.3) is 0 Å². The van der Waals surface area contributed by atoms with Crippen molar-refractivity contribution in [2.75, 3.05) is 18.8 Å². The molecular formula is C21H21FN4O. The molecule has 1 aliphatic heterocycles. The Bertz CT molecular complexity index is 970. The first-order chi connectivity index (χ1) is 13.1. The standard InChI is InChI=1S/C21H21FN4O/c22-18-6-5-14(13-7-9-24-10-8-13)11-16(18)17-12-19(25-26-21(17)23)15-3-1-2-4-20(15)27/h1-6,11-13,24,27H,7-10H2,(H2,23,26). The maximum absolute atomic E-state index is 14.7. The van der Waals surface area contributed by atoms with Crippen LogP contribution in [0.5, 0.6) is 5.75 Å². The quantitative estimate of drug-likeness (QED) is 0.660. The van der Waals surface area contributed by atoms with Crippen LogP contribution in [-0.4, -0.2) is 28.4 Å². The summed E-state index contributed by atoms with van der Waals surface area (Å²) in [5.74, 6) is 0.303. The van der Waals surface area contributed by atoms with Crippen molar-refractivity contribution >= 4 is 5.82 Å². The van der Waals surface area contributed by atoms with Crippen molar-refractivity contribution < 1.29 is 9.50 Å². The molecule has 27 heavy (non-hydrogen) atoms. The summed E-state index contributed by atoms with van der Waals surface area (Å²) in [4.78, 5) is 0. The Morgan fingerprint density at radius 3 is 2.52 bits per heavy atom. The monoisotopic (exact) mass is 364 g/mol. The zero-order chi connectivity index (χ0) is 18.8. The largest absolute Gasteiger partial charge is 0.507 e. The van der Waals surface area contributed by atoms with Gasteiger partial charge in [0, 0.05) is 16.7 Å². The number of benzene rings is 2. The van der Waals surface area contributed by atoms with E-state index in [1.165, 1.54) is 6.07 Å². The lowest BCUT2D eigenvalue weighted by atomic mass is 9.88. The molecule has 4 rings (SSSR count). The minimum absolute atomic E-state index is 0.0893. The van der Waals surface area contributed by atoms with Crippen molar-refractivity contribution in [2.24, 2.45) is 0 Å². The number of para-hydroxylation sites is 1. The van der Waals surface area contributed by atoms with Crippen molar-refractivity contribution in [3.05, 3.63) is 59.9 Å². The van der Waals surface area contributed by atoms with Gasteiger partial charge in [-0.1, -0.05) is 18.2 Å². The Balaban J connectivity index is 1.79. The van der Waals surface area contributed by atoms with E-state index in [4.69, 9.17) is 5.73 Å². The third-order valence-corrected chi connectivity index (χ3v) is 5.09. The van der Waals surface area contributed by atoms with Crippen LogP contribution in [0.2, 0.25) is 0 Å². The number of aromatic nitrogens is 2. The summed E-state index contributed by atoms with van der Waals surface area (Å²) in [5.41, 5.74) is 9.00. The SMILES string of the molecule is Nc1nnc(-c2ccccc2O)cc1-c1cc(C2CCNCC2)ccc1F. The molecule has 2 heterocycles. The van der Waals surface area contributed by atoms with Crippen LogP contribution >= 0.6 is 0 Å². The van der Waals surface area contributed by atoms with Crippen molar-refractivity contribution in [1.29, 1.82) is 0 Å². The first kappa shape index (κ1) is 17.4. The number of phenolic OH excluding ortho intramolecular Hbond substituents is 1. The number of anilines is 1. The molecule has 1 fully saturated rings. The second-order valence-electron chi connectivity index (χ2n) is 6.81. The van der Waals surface area contributed by atoms with Gasteiger partial charge in [-0.2, -0.15) is 0 Å². The van der Waals surface area contributed by atoms with Gasteiger partial charge in [0.1, 0.15) is 11.6 Å². The van der Waals surface area contributed by atoms with Crippen LogP contribution in [0, 0.1) is 5.82 Å². The van der Waals surface area contributed by atoms with Crippen LogP contribution < -0.4 is 11.1 Å². The highest BCUT2D eigenvalue weighted by molar-refractivity contribution is 5.79. The fourth-order valence-electron chi connectivity index (χ4n) is 3.60. The van der Waals surface area contributed by atoms with Gasteiger partial charge in [0.05, 0.1) is 5.69 Å². The third-order valence-electron chi connectivity index (χ3n) is 5.09. The van der Waals surface area contributed by atoms with Crippen LogP contribution in [0.1, 0.15) is 24.3 Å². The predicted octanol–water partition coefficient (Wildman–Crippen LogP) is 3.70. The van der Waals surface area contributed by atoms with Crippen LogP contribution in [-0.2, 0) is 0 Å². The van der Waals surface area contributed by atoms with Gasteiger partial charge in [-0.15, -0.1) is 10.2 Å². The number of rotatable bonds is 3. The van der Waals surface area contributed by atoms with Gasteiger partial charge in [0.15, 0.2) is 5.82 Å². The van der Waals surface area contributed by atoms with Crippen LogP contribution in [0.25, 0.3) is 22.4 Å². The normalized spacial score (nSPS) is 15.0. The number of piperidine rings is 1. The van der Waals surface area contributed by atoms with Crippen LogP contribution in [0.4, 0.5) is 10.2 Å². The summed E-state index contributed by atoms with van der Waals surface area (Å²) in [6.07, 6.45) is 2.05. The Hall–Kier alpha value is -2.99. The average Bonchev–Trinajstić information content (AvgIpc) is 2.70. The van der Waals surface area contributed by atoms with Crippen molar-refractivity contribution in [2.45, 2.75) is 18.8 Å². The van der Waals surface area contributed by atoms with E-state index in [2.05, 4.69) is 15.5 Å². The topological polar surface area (TPSA) is 84.1 Å². The van der Waals surface area contributed by atoms with E-state index in [-0.39, 0.29) is 17.4 Å². The van der Waals surface area contributed by atoms with Gasteiger partial charge < -0.3 is 16.2 Å². The second-order valence-corrected chi connectivity index (χ2v) is 6.81. The molecule has 0 unspecified atom stereocenters. The first-order valence-electron chi connectivity index (χ1n) is 9.05. The van der Waals surface area contributed by atoms with E-state index in [1.54, 1.807) is 30.3 Å². The lowest BCUT2D eigenvalue weighted by Gasteiger charge is -2.23. The van der Waals surface area contributed by atoms with E-state index in [0.29, 0.717) is 28.3 Å². The number of phenols is 1. The van der Waals surface area contributed by atoms with Gasteiger partial charge in [0.2, 0.25) is 0 Å².